The summed E-state index contributed by atoms with van der Waals surface area (Å²) >= 11 is 0. The Morgan fingerprint density at radius 3 is 1.42 bits per heavy atom. The Kier molecular flexibility index (Phi) is 10.6. The summed E-state index contributed by atoms with van der Waals surface area (Å²) in [6, 6.07) is -1.15. The number of unbranched alkanes of at least 4 members (excludes halogenated alkanes) is 2. The third-order valence-corrected chi connectivity index (χ3v) is 3.11. The van der Waals surface area contributed by atoms with Crippen molar-refractivity contribution in [2.45, 2.75) is 57.0 Å². The predicted molar refractivity (Wildman–Crippen MR) is 76.4 cm³/mol. The van der Waals surface area contributed by atoms with Crippen LogP contribution in [0.1, 0.15) is 44.9 Å². The molecule has 0 saturated carbocycles. The molecular weight excluding hydrogens is 244 g/mol. The SMILES string of the molecule is NCCCC[C@H](N)C(=O)CC(=O)[C@@H](N)CCCCN. The van der Waals surface area contributed by atoms with Gasteiger partial charge in [0.25, 0.3) is 0 Å². The zero-order chi connectivity index (χ0) is 14.7. The molecule has 0 bridgehead atoms. The van der Waals surface area contributed by atoms with Gasteiger partial charge in [0.2, 0.25) is 0 Å². The number of Topliss-reactive ketones (excluding diaryl/α,β-unsaturated/α-hetero) is 2. The van der Waals surface area contributed by atoms with E-state index >= 15 is 0 Å². The van der Waals surface area contributed by atoms with Gasteiger partial charge in [0, 0.05) is 0 Å². The van der Waals surface area contributed by atoms with Gasteiger partial charge in [-0.25, -0.2) is 0 Å². The second-order valence-electron chi connectivity index (χ2n) is 4.89. The average Bonchev–Trinajstić information content (AvgIpc) is 2.38. The molecule has 0 aromatic rings. The molecule has 0 rings (SSSR count). The number of carbonyl (C=O) groups is 2. The summed E-state index contributed by atoms with van der Waals surface area (Å²) in [5, 5.41) is 0. The second kappa shape index (κ2) is 11.0. The number of carbonyl (C=O) groups excluding carboxylic acids is 2. The van der Waals surface area contributed by atoms with Crippen LogP contribution in [0, 0.1) is 0 Å². The molecule has 2 atom stereocenters. The van der Waals surface area contributed by atoms with E-state index in [1.54, 1.807) is 0 Å². The summed E-state index contributed by atoms with van der Waals surface area (Å²) in [6.07, 6.45) is 4.28. The molecule has 0 aliphatic heterocycles. The highest BCUT2D eigenvalue weighted by molar-refractivity contribution is 6.03. The lowest BCUT2D eigenvalue weighted by Crippen LogP contribution is -2.37. The molecule has 19 heavy (non-hydrogen) atoms. The first-order valence-electron chi connectivity index (χ1n) is 6.99. The first-order chi connectivity index (χ1) is 9.02. The number of ketones is 2. The zero-order valence-corrected chi connectivity index (χ0v) is 11.6. The molecule has 8 N–H and O–H groups in total. The topological polar surface area (TPSA) is 138 Å². The van der Waals surface area contributed by atoms with E-state index in [1.807, 2.05) is 0 Å². The van der Waals surface area contributed by atoms with Crippen LogP contribution in [0.2, 0.25) is 0 Å². The molecule has 112 valence electrons. The van der Waals surface area contributed by atoms with Crippen molar-refractivity contribution in [3.05, 3.63) is 0 Å². The van der Waals surface area contributed by atoms with E-state index in [9.17, 15) is 9.59 Å². The van der Waals surface area contributed by atoms with Crippen molar-refractivity contribution in [2.24, 2.45) is 22.9 Å². The molecule has 6 nitrogen and oxygen atoms in total. The van der Waals surface area contributed by atoms with E-state index in [0.717, 1.165) is 25.7 Å². The fourth-order valence-corrected chi connectivity index (χ4v) is 1.77. The van der Waals surface area contributed by atoms with Crippen LogP contribution in [0.3, 0.4) is 0 Å². The summed E-state index contributed by atoms with van der Waals surface area (Å²) in [6.45, 7) is 1.18. The highest BCUT2D eigenvalue weighted by Gasteiger charge is 2.20. The van der Waals surface area contributed by atoms with Gasteiger partial charge in [-0.15, -0.1) is 0 Å². The van der Waals surface area contributed by atoms with Gasteiger partial charge in [0.15, 0.2) is 11.6 Å². The number of hydrogen-bond donors (Lipinski definition) is 4. The number of rotatable bonds is 12. The van der Waals surface area contributed by atoms with Gasteiger partial charge in [-0.3, -0.25) is 9.59 Å². The largest absolute Gasteiger partial charge is 0.330 e. The van der Waals surface area contributed by atoms with Crippen LogP contribution in [-0.2, 0) is 9.59 Å². The number of nitrogens with two attached hydrogens (primary N) is 4. The third kappa shape index (κ3) is 8.83. The lowest BCUT2D eigenvalue weighted by Gasteiger charge is -2.13. The smallest absolute Gasteiger partial charge is 0.156 e. The lowest BCUT2D eigenvalue weighted by atomic mass is 9.97. The summed E-state index contributed by atoms with van der Waals surface area (Å²) in [4.78, 5) is 23.5. The second-order valence-corrected chi connectivity index (χ2v) is 4.89. The molecule has 0 heterocycles. The van der Waals surface area contributed by atoms with E-state index in [1.165, 1.54) is 0 Å². The van der Waals surface area contributed by atoms with E-state index in [-0.39, 0.29) is 18.0 Å². The van der Waals surface area contributed by atoms with Crippen LogP contribution in [0.5, 0.6) is 0 Å². The van der Waals surface area contributed by atoms with Crippen molar-refractivity contribution in [1.29, 1.82) is 0 Å². The minimum absolute atomic E-state index is 0.159. The van der Waals surface area contributed by atoms with Gasteiger partial charge in [-0.1, -0.05) is 12.8 Å². The minimum atomic E-state index is -0.577. The van der Waals surface area contributed by atoms with Crippen molar-refractivity contribution in [1.82, 2.24) is 0 Å². The molecule has 0 amide bonds. The fourth-order valence-electron chi connectivity index (χ4n) is 1.77. The van der Waals surface area contributed by atoms with Crippen LogP contribution in [0.4, 0.5) is 0 Å². The molecule has 0 radical (unpaired) electrons. The van der Waals surface area contributed by atoms with Gasteiger partial charge in [0.1, 0.15) is 0 Å². The Morgan fingerprint density at radius 2 is 1.11 bits per heavy atom. The Hall–Kier alpha value is -0.820. The Labute approximate surface area is 115 Å². The Balaban J connectivity index is 3.92. The maximum Gasteiger partial charge on any atom is 0.156 e. The molecular formula is C13H28N4O2. The van der Waals surface area contributed by atoms with Gasteiger partial charge >= 0.3 is 0 Å². The van der Waals surface area contributed by atoms with Gasteiger partial charge in [-0.2, -0.15) is 0 Å². The predicted octanol–water partition coefficient (Wildman–Crippen LogP) is -0.573. The van der Waals surface area contributed by atoms with E-state index in [2.05, 4.69) is 0 Å². The molecule has 0 fully saturated rings. The molecule has 0 saturated heterocycles. The van der Waals surface area contributed by atoms with E-state index in [4.69, 9.17) is 22.9 Å². The molecule has 6 heteroatoms. The van der Waals surface area contributed by atoms with Crippen LogP contribution < -0.4 is 22.9 Å². The van der Waals surface area contributed by atoms with Crippen molar-refractivity contribution >= 4 is 11.6 Å². The summed E-state index contributed by atoms with van der Waals surface area (Å²) in [5.41, 5.74) is 22.2. The Morgan fingerprint density at radius 1 is 0.737 bits per heavy atom. The van der Waals surface area contributed by atoms with Gasteiger partial charge in [-0.05, 0) is 38.8 Å². The first-order valence-corrected chi connectivity index (χ1v) is 6.99. The highest BCUT2D eigenvalue weighted by atomic mass is 16.1. The molecule has 0 aliphatic carbocycles. The highest BCUT2D eigenvalue weighted by Crippen LogP contribution is 2.05. The van der Waals surface area contributed by atoms with Gasteiger partial charge < -0.3 is 22.9 Å². The molecule has 0 aromatic heterocycles. The van der Waals surface area contributed by atoms with Crippen molar-refractivity contribution in [3.63, 3.8) is 0 Å². The quantitative estimate of drug-likeness (QED) is 0.277. The molecule has 0 unspecified atom stereocenters. The van der Waals surface area contributed by atoms with Crippen LogP contribution in [-0.4, -0.2) is 36.7 Å². The van der Waals surface area contributed by atoms with Crippen molar-refractivity contribution in [3.8, 4) is 0 Å². The zero-order valence-electron chi connectivity index (χ0n) is 11.6. The maximum absolute atomic E-state index is 11.7. The average molecular weight is 272 g/mol. The fraction of sp³-hybridized carbons (Fsp3) is 0.846. The monoisotopic (exact) mass is 272 g/mol. The van der Waals surface area contributed by atoms with Crippen LogP contribution >= 0.6 is 0 Å². The first kappa shape index (κ1) is 18.2. The standard InChI is InChI=1S/C13H28N4O2/c14-7-3-1-5-10(16)12(18)9-13(19)11(17)6-2-4-8-15/h10-11H,1-9,14-17H2/t10-,11-/m0/s1. The van der Waals surface area contributed by atoms with Crippen molar-refractivity contribution in [2.75, 3.05) is 13.1 Å². The Bertz CT molecular complexity index is 245. The maximum atomic E-state index is 11.7. The van der Waals surface area contributed by atoms with Crippen molar-refractivity contribution < 1.29 is 9.59 Å². The van der Waals surface area contributed by atoms with E-state index < -0.39 is 12.1 Å². The van der Waals surface area contributed by atoms with E-state index in [0.29, 0.717) is 25.9 Å². The lowest BCUT2D eigenvalue weighted by molar-refractivity contribution is -0.128. The minimum Gasteiger partial charge on any atom is -0.330 e. The normalized spacial score (nSPS) is 14.1. The van der Waals surface area contributed by atoms with Crippen LogP contribution in [0.25, 0.3) is 0 Å². The number of hydrogen-bond acceptors (Lipinski definition) is 6. The summed E-state index contributed by atoms with van der Waals surface area (Å²) in [5.74, 6) is -0.451. The summed E-state index contributed by atoms with van der Waals surface area (Å²) < 4.78 is 0. The van der Waals surface area contributed by atoms with Crippen LogP contribution in [0.15, 0.2) is 0 Å². The molecule has 0 aliphatic rings. The molecule has 0 spiro atoms. The third-order valence-electron chi connectivity index (χ3n) is 3.11. The molecule has 0 aromatic carbocycles. The summed E-state index contributed by atoms with van der Waals surface area (Å²) in [7, 11) is 0. The van der Waals surface area contributed by atoms with Gasteiger partial charge in [0.05, 0.1) is 18.5 Å².